The van der Waals surface area contributed by atoms with Gasteiger partial charge in [0, 0.05) is 26.3 Å². The van der Waals surface area contributed by atoms with Crippen molar-refractivity contribution < 1.29 is 39.9 Å². The summed E-state index contributed by atoms with van der Waals surface area (Å²) in [6.45, 7) is 0. The van der Waals surface area contributed by atoms with Gasteiger partial charge in [0.1, 0.15) is 0 Å². The quantitative estimate of drug-likeness (QED) is 0.525. The van der Waals surface area contributed by atoms with Crippen LogP contribution in [-0.4, -0.2) is 27.1 Å². The molecule has 5 nitrogen and oxygen atoms in total. The summed E-state index contributed by atoms with van der Waals surface area (Å²) in [6.07, 6.45) is 1.79. The maximum absolute atomic E-state index is 9.10. The molecule has 1 heterocycles. The van der Waals surface area contributed by atoms with Crippen molar-refractivity contribution in [2.75, 3.05) is 0 Å². The fourth-order valence-corrected chi connectivity index (χ4v) is 1.07. The molecular formula is C13H10IrNO4-. The SMILES string of the molecule is O=C(O)C(=O)O.[Ir].[c-]1ccccc1-c1ccccn1. The van der Waals surface area contributed by atoms with Crippen molar-refractivity contribution in [1.82, 2.24) is 4.98 Å². The van der Waals surface area contributed by atoms with Gasteiger partial charge in [-0.1, -0.05) is 12.1 Å². The van der Waals surface area contributed by atoms with Gasteiger partial charge in [0.05, 0.1) is 0 Å². The molecule has 0 saturated carbocycles. The maximum atomic E-state index is 9.10. The van der Waals surface area contributed by atoms with Gasteiger partial charge in [-0.05, 0) is 11.8 Å². The Morgan fingerprint density at radius 1 is 1.00 bits per heavy atom. The zero-order chi connectivity index (χ0) is 13.4. The molecule has 2 aromatic rings. The van der Waals surface area contributed by atoms with Crippen LogP contribution in [0.15, 0.2) is 48.7 Å². The van der Waals surface area contributed by atoms with E-state index < -0.39 is 11.9 Å². The van der Waals surface area contributed by atoms with Gasteiger partial charge >= 0.3 is 11.9 Å². The number of rotatable bonds is 1. The second kappa shape index (κ2) is 8.96. The van der Waals surface area contributed by atoms with E-state index in [0.29, 0.717) is 0 Å². The largest absolute Gasteiger partial charge is 0.473 e. The van der Waals surface area contributed by atoms with Crippen LogP contribution in [0.1, 0.15) is 0 Å². The minimum Gasteiger partial charge on any atom is -0.473 e. The molecule has 0 bridgehead atoms. The first-order valence-corrected chi connectivity index (χ1v) is 4.95. The Kier molecular flexibility index (Phi) is 8.00. The summed E-state index contributed by atoms with van der Waals surface area (Å²) in [7, 11) is 0. The summed E-state index contributed by atoms with van der Waals surface area (Å²) >= 11 is 0. The molecule has 0 amide bonds. The third-order valence-electron chi connectivity index (χ3n) is 1.83. The molecular weight excluding hydrogens is 426 g/mol. The van der Waals surface area contributed by atoms with Crippen molar-refractivity contribution in [2.24, 2.45) is 0 Å². The Labute approximate surface area is 123 Å². The zero-order valence-corrected chi connectivity index (χ0v) is 12.0. The number of carboxylic acid groups (broad SMARTS) is 2. The van der Waals surface area contributed by atoms with Gasteiger partial charge in [-0.15, -0.1) is 35.9 Å². The first-order chi connectivity index (χ1) is 8.61. The monoisotopic (exact) mass is 437 g/mol. The van der Waals surface area contributed by atoms with E-state index in [2.05, 4.69) is 11.1 Å². The van der Waals surface area contributed by atoms with Crippen LogP contribution in [0.25, 0.3) is 11.3 Å². The van der Waals surface area contributed by atoms with E-state index in [1.807, 2.05) is 42.5 Å². The molecule has 0 saturated heterocycles. The Morgan fingerprint density at radius 2 is 1.63 bits per heavy atom. The van der Waals surface area contributed by atoms with E-state index in [1.54, 1.807) is 6.20 Å². The van der Waals surface area contributed by atoms with Crippen molar-refractivity contribution in [3.05, 3.63) is 54.7 Å². The van der Waals surface area contributed by atoms with Gasteiger partial charge in [0.15, 0.2) is 0 Å². The second-order valence-electron chi connectivity index (χ2n) is 3.10. The molecule has 1 radical (unpaired) electrons. The van der Waals surface area contributed by atoms with Crippen LogP contribution in [0.4, 0.5) is 0 Å². The fraction of sp³-hybridized carbons (Fsp3) is 0. The van der Waals surface area contributed by atoms with Gasteiger partial charge < -0.3 is 15.2 Å². The molecule has 0 atom stereocenters. The predicted octanol–water partition coefficient (Wildman–Crippen LogP) is 1.70. The average molecular weight is 436 g/mol. The Hall–Kier alpha value is -2.04. The second-order valence-corrected chi connectivity index (χ2v) is 3.10. The van der Waals surface area contributed by atoms with E-state index in [-0.39, 0.29) is 20.1 Å². The van der Waals surface area contributed by atoms with Gasteiger partial charge in [-0.3, -0.25) is 0 Å². The number of pyridine rings is 1. The third-order valence-corrected chi connectivity index (χ3v) is 1.83. The van der Waals surface area contributed by atoms with Crippen LogP contribution in [0.2, 0.25) is 0 Å². The normalized spacial score (nSPS) is 8.42. The Bertz CT molecular complexity index is 467. The van der Waals surface area contributed by atoms with Crippen LogP contribution in [0, 0.1) is 6.07 Å². The summed E-state index contributed by atoms with van der Waals surface area (Å²) in [5.74, 6) is -3.65. The van der Waals surface area contributed by atoms with Crippen LogP contribution in [0.3, 0.4) is 0 Å². The van der Waals surface area contributed by atoms with Gasteiger partial charge in [-0.2, -0.15) is 0 Å². The van der Waals surface area contributed by atoms with E-state index in [4.69, 9.17) is 19.8 Å². The number of carbonyl (C=O) groups is 2. The van der Waals surface area contributed by atoms with Crippen LogP contribution in [-0.2, 0) is 29.7 Å². The topological polar surface area (TPSA) is 87.5 Å². The predicted molar refractivity (Wildman–Crippen MR) is 63.8 cm³/mol. The number of aromatic nitrogens is 1. The Balaban J connectivity index is 0.000000404. The molecule has 0 aliphatic carbocycles. The number of hydrogen-bond acceptors (Lipinski definition) is 3. The summed E-state index contributed by atoms with van der Waals surface area (Å²) in [5, 5.41) is 14.8. The Morgan fingerprint density at radius 3 is 2.05 bits per heavy atom. The van der Waals surface area contributed by atoms with Crippen molar-refractivity contribution in [3.63, 3.8) is 0 Å². The minimum atomic E-state index is -1.82. The molecule has 0 fully saturated rings. The van der Waals surface area contributed by atoms with E-state index in [9.17, 15) is 0 Å². The summed E-state index contributed by atoms with van der Waals surface area (Å²) < 4.78 is 0. The maximum Gasteiger partial charge on any atom is 0.414 e. The smallest absolute Gasteiger partial charge is 0.414 e. The average Bonchev–Trinajstić information content (AvgIpc) is 2.41. The molecule has 101 valence electrons. The molecule has 0 unspecified atom stereocenters. The van der Waals surface area contributed by atoms with Crippen molar-refractivity contribution in [3.8, 4) is 11.3 Å². The van der Waals surface area contributed by atoms with Crippen LogP contribution < -0.4 is 0 Å². The molecule has 1 aromatic heterocycles. The number of nitrogens with zero attached hydrogens (tertiary/aromatic N) is 1. The van der Waals surface area contributed by atoms with Crippen molar-refractivity contribution in [2.45, 2.75) is 0 Å². The van der Waals surface area contributed by atoms with E-state index in [1.165, 1.54) is 0 Å². The van der Waals surface area contributed by atoms with E-state index >= 15 is 0 Å². The molecule has 19 heavy (non-hydrogen) atoms. The van der Waals surface area contributed by atoms with Gasteiger partial charge in [-0.25, -0.2) is 9.59 Å². The summed E-state index contributed by atoms with van der Waals surface area (Å²) in [5.41, 5.74) is 2.01. The number of carboxylic acids is 2. The fourth-order valence-electron chi connectivity index (χ4n) is 1.07. The van der Waals surface area contributed by atoms with Crippen molar-refractivity contribution in [1.29, 1.82) is 0 Å². The van der Waals surface area contributed by atoms with Crippen LogP contribution in [0.5, 0.6) is 0 Å². The molecule has 2 N–H and O–H groups in total. The molecule has 6 heteroatoms. The standard InChI is InChI=1S/C11H8N.C2H2O4.Ir/c1-2-6-10(7-3-1)11-8-4-5-9-12-11;3-1(4)2(5)6;/h1-6,8-9H;(H,3,4)(H,5,6);/q-1;;. The van der Waals surface area contributed by atoms with Crippen LogP contribution >= 0.6 is 0 Å². The third kappa shape index (κ3) is 6.45. The number of aliphatic carboxylic acids is 2. The van der Waals surface area contributed by atoms with E-state index in [0.717, 1.165) is 11.3 Å². The number of benzene rings is 1. The first-order valence-electron chi connectivity index (χ1n) is 4.95. The minimum absolute atomic E-state index is 0. The van der Waals surface area contributed by atoms with Gasteiger partial charge in [0.25, 0.3) is 0 Å². The number of hydrogen-bond donors (Lipinski definition) is 2. The zero-order valence-electron chi connectivity index (χ0n) is 9.61. The van der Waals surface area contributed by atoms with Gasteiger partial charge in [0.2, 0.25) is 0 Å². The summed E-state index contributed by atoms with van der Waals surface area (Å²) in [6, 6.07) is 16.8. The van der Waals surface area contributed by atoms with Crippen molar-refractivity contribution >= 4 is 11.9 Å². The molecule has 1 aromatic carbocycles. The first kappa shape index (κ1) is 17.0. The molecule has 0 spiro atoms. The molecule has 2 rings (SSSR count). The summed E-state index contributed by atoms with van der Waals surface area (Å²) in [4.78, 5) is 22.4. The molecule has 0 aliphatic rings. The molecule has 0 aliphatic heterocycles.